The fourth-order valence-electron chi connectivity index (χ4n) is 2.54. The molecule has 1 aliphatic rings. The Morgan fingerprint density at radius 1 is 1.50 bits per heavy atom. The Balaban J connectivity index is 2.57. The van der Waals surface area contributed by atoms with Crippen LogP contribution in [-0.4, -0.2) is 27.4 Å². The van der Waals surface area contributed by atoms with Gasteiger partial charge in [0.2, 0.25) is 5.91 Å². The second kappa shape index (κ2) is 4.76. The molecule has 1 amide bonds. The average Bonchev–Trinajstić information content (AvgIpc) is 2.71. The SMILES string of the molecule is CCCC(C)c1n[nH]c2c1C(O)(C(F)(F)F)CC(=O)N2. The molecule has 5 nitrogen and oxygen atoms in total. The van der Waals surface area contributed by atoms with Gasteiger partial charge in [-0.15, -0.1) is 0 Å². The smallest absolute Gasteiger partial charge is 0.376 e. The Bertz CT molecular complexity index is 527. The van der Waals surface area contributed by atoms with Crippen molar-refractivity contribution in [3.8, 4) is 0 Å². The Morgan fingerprint density at radius 2 is 2.15 bits per heavy atom. The van der Waals surface area contributed by atoms with Crippen LogP contribution in [0.25, 0.3) is 0 Å². The van der Waals surface area contributed by atoms with E-state index < -0.39 is 24.1 Å². The summed E-state index contributed by atoms with van der Waals surface area (Å²) in [6.45, 7) is 3.65. The molecule has 20 heavy (non-hydrogen) atoms. The molecule has 0 fully saturated rings. The van der Waals surface area contributed by atoms with E-state index in [1.807, 2.05) is 6.92 Å². The molecule has 3 N–H and O–H groups in total. The molecule has 0 saturated carbocycles. The Hall–Kier alpha value is -1.57. The van der Waals surface area contributed by atoms with Gasteiger partial charge in [-0.25, -0.2) is 0 Å². The topological polar surface area (TPSA) is 78.0 Å². The molecule has 112 valence electrons. The summed E-state index contributed by atoms with van der Waals surface area (Å²) < 4.78 is 39.6. The van der Waals surface area contributed by atoms with Crippen LogP contribution in [0.3, 0.4) is 0 Å². The maximum atomic E-state index is 13.2. The van der Waals surface area contributed by atoms with Crippen LogP contribution < -0.4 is 5.32 Å². The number of nitrogens with one attached hydrogen (secondary N) is 2. The summed E-state index contributed by atoms with van der Waals surface area (Å²) in [5.41, 5.74) is -3.39. The molecule has 2 heterocycles. The lowest BCUT2D eigenvalue weighted by Gasteiger charge is -2.34. The van der Waals surface area contributed by atoms with Crippen molar-refractivity contribution in [2.24, 2.45) is 0 Å². The minimum absolute atomic E-state index is 0.154. The number of carbonyl (C=O) groups is 1. The molecule has 0 bridgehead atoms. The van der Waals surface area contributed by atoms with Gasteiger partial charge >= 0.3 is 6.18 Å². The number of hydrogen-bond acceptors (Lipinski definition) is 3. The summed E-state index contributed by atoms with van der Waals surface area (Å²) in [4.78, 5) is 11.4. The van der Waals surface area contributed by atoms with Crippen molar-refractivity contribution in [1.82, 2.24) is 10.2 Å². The van der Waals surface area contributed by atoms with Gasteiger partial charge in [-0.1, -0.05) is 20.3 Å². The summed E-state index contributed by atoms with van der Waals surface area (Å²) in [7, 11) is 0. The number of alkyl halides is 3. The maximum absolute atomic E-state index is 13.2. The van der Waals surface area contributed by atoms with E-state index in [1.165, 1.54) is 0 Å². The molecule has 2 rings (SSSR count). The third kappa shape index (κ3) is 2.17. The van der Waals surface area contributed by atoms with Gasteiger partial charge in [0.15, 0.2) is 5.60 Å². The van der Waals surface area contributed by atoms with Crippen molar-refractivity contribution < 1.29 is 23.1 Å². The lowest BCUT2D eigenvalue weighted by Crippen LogP contribution is -2.48. The molecule has 0 aliphatic carbocycles. The van der Waals surface area contributed by atoms with E-state index in [2.05, 4.69) is 15.5 Å². The van der Waals surface area contributed by atoms with E-state index in [0.717, 1.165) is 6.42 Å². The zero-order valence-corrected chi connectivity index (χ0v) is 11.1. The highest BCUT2D eigenvalue weighted by atomic mass is 19.4. The first-order valence-corrected chi connectivity index (χ1v) is 6.38. The van der Waals surface area contributed by atoms with Crippen molar-refractivity contribution >= 4 is 11.7 Å². The summed E-state index contributed by atoms with van der Waals surface area (Å²) >= 11 is 0. The largest absolute Gasteiger partial charge is 0.422 e. The van der Waals surface area contributed by atoms with Gasteiger partial charge in [0.05, 0.1) is 17.7 Å². The fourth-order valence-corrected chi connectivity index (χ4v) is 2.54. The number of hydrogen-bond donors (Lipinski definition) is 3. The molecular formula is C12H16F3N3O2. The molecule has 1 aromatic rings. The third-order valence-electron chi connectivity index (χ3n) is 3.55. The first-order valence-electron chi connectivity index (χ1n) is 6.38. The van der Waals surface area contributed by atoms with Crippen LogP contribution in [0.4, 0.5) is 19.0 Å². The first-order chi connectivity index (χ1) is 9.20. The van der Waals surface area contributed by atoms with Crippen LogP contribution in [0.2, 0.25) is 0 Å². The molecule has 1 aromatic heterocycles. The van der Waals surface area contributed by atoms with E-state index in [1.54, 1.807) is 6.92 Å². The number of amides is 1. The highest BCUT2D eigenvalue weighted by Crippen LogP contribution is 2.49. The van der Waals surface area contributed by atoms with Crippen molar-refractivity contribution in [3.05, 3.63) is 11.3 Å². The number of aromatic amines is 1. The quantitative estimate of drug-likeness (QED) is 0.800. The minimum Gasteiger partial charge on any atom is -0.376 e. The number of fused-ring (bicyclic) bond motifs is 1. The number of aromatic nitrogens is 2. The van der Waals surface area contributed by atoms with Crippen molar-refractivity contribution in [1.29, 1.82) is 0 Å². The highest BCUT2D eigenvalue weighted by Gasteiger charge is 2.60. The van der Waals surface area contributed by atoms with Crippen molar-refractivity contribution in [3.63, 3.8) is 0 Å². The number of halogens is 3. The lowest BCUT2D eigenvalue weighted by atomic mass is 9.83. The Morgan fingerprint density at radius 3 is 2.70 bits per heavy atom. The molecule has 0 saturated heterocycles. The summed E-state index contributed by atoms with van der Waals surface area (Å²) in [5, 5.41) is 18.6. The van der Waals surface area contributed by atoms with Crippen molar-refractivity contribution in [2.45, 2.75) is 50.8 Å². The van der Waals surface area contributed by atoms with Crippen molar-refractivity contribution in [2.75, 3.05) is 5.32 Å². The minimum atomic E-state index is -4.94. The number of aliphatic hydroxyl groups is 1. The van der Waals surface area contributed by atoms with Crippen LogP contribution in [0.5, 0.6) is 0 Å². The van der Waals surface area contributed by atoms with E-state index >= 15 is 0 Å². The van der Waals surface area contributed by atoms with E-state index in [4.69, 9.17) is 0 Å². The van der Waals surface area contributed by atoms with Gasteiger partial charge in [-0.05, 0) is 6.42 Å². The molecule has 2 unspecified atom stereocenters. The number of nitrogens with zero attached hydrogens (tertiary/aromatic N) is 1. The third-order valence-corrected chi connectivity index (χ3v) is 3.55. The Labute approximate surface area is 113 Å². The van der Waals surface area contributed by atoms with Gasteiger partial charge in [0.25, 0.3) is 0 Å². The normalized spacial score (nSPS) is 24.2. The number of H-pyrrole nitrogens is 1. The zero-order chi connectivity index (χ0) is 15.1. The van der Waals surface area contributed by atoms with Crippen LogP contribution in [0.15, 0.2) is 0 Å². The Kier molecular flexibility index (Phi) is 3.53. The highest BCUT2D eigenvalue weighted by molar-refractivity contribution is 5.94. The molecule has 1 aliphatic heterocycles. The standard InChI is InChI=1S/C12H16F3N3O2/c1-3-4-6(2)9-8-10(18-17-9)16-7(19)5-11(8,20)12(13,14)15/h6,20H,3-5H2,1-2H3,(H2,16,17,18,19). The fraction of sp³-hybridized carbons (Fsp3) is 0.667. The molecule has 0 radical (unpaired) electrons. The monoisotopic (exact) mass is 291 g/mol. The second-order valence-electron chi connectivity index (χ2n) is 5.13. The number of rotatable bonds is 3. The average molecular weight is 291 g/mol. The van der Waals surface area contributed by atoms with Crippen LogP contribution in [0, 0.1) is 0 Å². The lowest BCUT2D eigenvalue weighted by molar-refractivity contribution is -0.267. The molecule has 0 aromatic carbocycles. The molecule has 8 heteroatoms. The first kappa shape index (κ1) is 14.8. The van der Waals surface area contributed by atoms with Crippen LogP contribution in [-0.2, 0) is 10.4 Å². The predicted molar refractivity (Wildman–Crippen MR) is 65.1 cm³/mol. The van der Waals surface area contributed by atoms with Gasteiger partial charge < -0.3 is 10.4 Å². The number of anilines is 1. The predicted octanol–water partition coefficient (Wildman–Crippen LogP) is 2.41. The van der Waals surface area contributed by atoms with Gasteiger partial charge in [-0.3, -0.25) is 9.89 Å². The number of carbonyl (C=O) groups excluding carboxylic acids is 1. The second-order valence-corrected chi connectivity index (χ2v) is 5.13. The van der Waals surface area contributed by atoms with Gasteiger partial charge in [0, 0.05) is 5.92 Å². The van der Waals surface area contributed by atoms with E-state index in [-0.39, 0.29) is 23.0 Å². The maximum Gasteiger partial charge on any atom is 0.422 e. The van der Waals surface area contributed by atoms with E-state index in [9.17, 15) is 23.1 Å². The molecule has 0 spiro atoms. The van der Waals surface area contributed by atoms with Gasteiger partial charge in [-0.2, -0.15) is 18.3 Å². The van der Waals surface area contributed by atoms with Crippen LogP contribution in [0.1, 0.15) is 50.3 Å². The zero-order valence-electron chi connectivity index (χ0n) is 11.1. The molecular weight excluding hydrogens is 275 g/mol. The molecule has 2 atom stereocenters. The van der Waals surface area contributed by atoms with E-state index in [0.29, 0.717) is 6.42 Å². The summed E-state index contributed by atoms with van der Waals surface area (Å²) in [6, 6.07) is 0. The summed E-state index contributed by atoms with van der Waals surface area (Å²) in [5.74, 6) is -1.31. The van der Waals surface area contributed by atoms with Crippen LogP contribution >= 0.6 is 0 Å². The summed E-state index contributed by atoms with van der Waals surface area (Å²) in [6.07, 6.45) is -4.57. The van der Waals surface area contributed by atoms with Gasteiger partial charge in [0.1, 0.15) is 5.82 Å².